The quantitative estimate of drug-likeness (QED) is 0.426. The number of unbranched alkanes of at least 4 members (excludes halogenated alkanes) is 3. The molecular formula is C6H8N2O. The Hall–Kier alpha value is -1.22. The zero-order valence-corrected chi connectivity index (χ0v) is 5.13. The van der Waals surface area contributed by atoms with Crippen molar-refractivity contribution in [2.24, 2.45) is 0 Å². The number of hydrogen-bond donors (Lipinski definition) is 0. The summed E-state index contributed by atoms with van der Waals surface area (Å²) in [7, 11) is 0. The molecule has 0 heterocycles. The third-order valence-corrected chi connectivity index (χ3v) is 0.892. The van der Waals surface area contributed by atoms with Crippen LogP contribution in [-0.4, -0.2) is 0 Å². The Morgan fingerprint density at radius 3 is 2.56 bits per heavy atom. The van der Waals surface area contributed by atoms with Gasteiger partial charge in [0.25, 0.3) is 6.07 Å². The van der Waals surface area contributed by atoms with Gasteiger partial charge in [0.15, 0.2) is 0 Å². The number of nitrogens with zero attached hydrogens (tertiary/aromatic N) is 2. The van der Waals surface area contributed by atoms with E-state index in [9.17, 15) is 5.21 Å². The van der Waals surface area contributed by atoms with E-state index in [1.54, 1.807) is 0 Å². The van der Waals surface area contributed by atoms with Gasteiger partial charge in [0.1, 0.15) is 0 Å². The van der Waals surface area contributed by atoms with Crippen molar-refractivity contribution in [2.45, 2.75) is 25.7 Å². The first-order valence-electron chi connectivity index (χ1n) is 2.84. The van der Waals surface area contributed by atoms with Gasteiger partial charge in [-0.05, 0) is 12.8 Å². The van der Waals surface area contributed by atoms with E-state index in [0.29, 0.717) is 12.8 Å². The molecule has 0 rings (SSSR count). The Morgan fingerprint density at radius 2 is 2.00 bits per heavy atom. The molecule has 0 atom stereocenters. The van der Waals surface area contributed by atoms with Gasteiger partial charge in [-0.25, -0.2) is 0 Å². The summed E-state index contributed by atoms with van der Waals surface area (Å²) < 4.78 is 0. The van der Waals surface area contributed by atoms with E-state index in [4.69, 9.17) is 5.26 Å². The highest BCUT2D eigenvalue weighted by Gasteiger charge is 1.87. The van der Waals surface area contributed by atoms with Gasteiger partial charge in [-0.2, -0.15) is 5.26 Å². The summed E-state index contributed by atoms with van der Waals surface area (Å²) in [4.78, 5) is 0. The van der Waals surface area contributed by atoms with Crippen molar-refractivity contribution < 1.29 is 0 Å². The fourth-order valence-corrected chi connectivity index (χ4v) is 0.454. The summed E-state index contributed by atoms with van der Waals surface area (Å²) in [5, 5.41) is 19.9. The maximum atomic E-state index is 9.41. The molecule has 3 heteroatoms. The molecule has 0 aliphatic rings. The summed E-state index contributed by atoms with van der Waals surface area (Å²) in [6, 6.07) is 4.28. The van der Waals surface area contributed by atoms with Gasteiger partial charge in [0.2, 0.25) is 0 Å². The molecule has 0 saturated heterocycles. The molecule has 0 aromatic carbocycles. The predicted molar refractivity (Wildman–Crippen MR) is 34.7 cm³/mol. The van der Waals surface area contributed by atoms with Gasteiger partial charge in [0, 0.05) is 11.4 Å². The van der Waals surface area contributed by atoms with Crippen molar-refractivity contribution >= 4 is 0 Å². The monoisotopic (exact) mass is 124 g/mol. The number of hydrogen-bond acceptors (Lipinski definition) is 2. The second-order valence-electron chi connectivity index (χ2n) is 1.61. The van der Waals surface area contributed by atoms with Crippen molar-refractivity contribution in [1.29, 1.82) is 5.26 Å². The zero-order valence-electron chi connectivity index (χ0n) is 5.13. The minimum Gasteiger partial charge on any atom is -0.498 e. The SMILES string of the molecule is N#CCCCCC#[N+][O-]. The molecule has 0 fully saturated rings. The van der Waals surface area contributed by atoms with Gasteiger partial charge < -0.3 is 5.21 Å². The molecule has 0 aliphatic carbocycles. The first-order valence-corrected chi connectivity index (χ1v) is 2.84. The molecule has 0 aromatic rings. The van der Waals surface area contributed by atoms with Crippen LogP contribution in [-0.2, 0) is 0 Å². The van der Waals surface area contributed by atoms with Gasteiger partial charge in [-0.3, -0.25) is 0 Å². The molecule has 0 radical (unpaired) electrons. The highest BCUT2D eigenvalue weighted by molar-refractivity contribution is 4.86. The van der Waals surface area contributed by atoms with Crippen LogP contribution in [0.2, 0.25) is 0 Å². The third-order valence-electron chi connectivity index (χ3n) is 0.892. The van der Waals surface area contributed by atoms with Crippen LogP contribution in [0.4, 0.5) is 0 Å². The number of nitriles is 1. The molecule has 0 aliphatic heterocycles. The molecule has 9 heavy (non-hydrogen) atoms. The van der Waals surface area contributed by atoms with Gasteiger partial charge in [-0.1, -0.05) is 0 Å². The fourth-order valence-electron chi connectivity index (χ4n) is 0.454. The van der Waals surface area contributed by atoms with Crippen LogP contribution >= 0.6 is 0 Å². The Kier molecular flexibility index (Phi) is 5.86. The van der Waals surface area contributed by atoms with E-state index in [1.165, 1.54) is 0 Å². The normalized spacial score (nSPS) is 7.00. The Bertz CT molecular complexity index is 149. The van der Waals surface area contributed by atoms with E-state index in [-0.39, 0.29) is 0 Å². The third kappa shape index (κ3) is 6.78. The lowest BCUT2D eigenvalue weighted by Gasteiger charge is -1.81. The van der Waals surface area contributed by atoms with Crippen molar-refractivity contribution in [2.75, 3.05) is 0 Å². The lowest BCUT2D eigenvalue weighted by molar-refractivity contribution is 0.777. The van der Waals surface area contributed by atoms with Crippen LogP contribution in [0.3, 0.4) is 0 Å². The Morgan fingerprint density at radius 1 is 1.33 bits per heavy atom. The first kappa shape index (κ1) is 7.78. The molecule has 3 nitrogen and oxygen atoms in total. The molecule has 0 amide bonds. The first-order chi connectivity index (χ1) is 4.41. The minimum absolute atomic E-state index is 0.556. The van der Waals surface area contributed by atoms with Crippen molar-refractivity contribution in [1.82, 2.24) is 0 Å². The van der Waals surface area contributed by atoms with Crippen molar-refractivity contribution in [3.8, 4) is 12.1 Å². The average Bonchev–Trinajstić information content (AvgIpc) is 1.89. The highest BCUT2D eigenvalue weighted by Crippen LogP contribution is 1.96. The topological polar surface area (TPSA) is 51.2 Å². The van der Waals surface area contributed by atoms with E-state index in [1.807, 2.05) is 6.07 Å². The molecule has 0 unspecified atom stereocenters. The van der Waals surface area contributed by atoms with Crippen LogP contribution < -0.4 is 0 Å². The van der Waals surface area contributed by atoms with Crippen molar-refractivity contribution in [3.05, 3.63) is 10.2 Å². The summed E-state index contributed by atoms with van der Waals surface area (Å²) in [6.45, 7) is 0. The second-order valence-corrected chi connectivity index (χ2v) is 1.61. The lowest BCUT2D eigenvalue weighted by Crippen LogP contribution is -1.70. The minimum atomic E-state index is 0.556. The molecule has 0 bridgehead atoms. The van der Waals surface area contributed by atoms with E-state index >= 15 is 0 Å². The second kappa shape index (κ2) is 6.78. The summed E-state index contributed by atoms with van der Waals surface area (Å²) in [5.74, 6) is 0. The fraction of sp³-hybridized carbons (Fsp3) is 0.667. The van der Waals surface area contributed by atoms with Crippen LogP contribution in [0, 0.1) is 22.6 Å². The maximum Gasteiger partial charge on any atom is 0.298 e. The predicted octanol–water partition coefficient (Wildman–Crippen LogP) is 1.90. The number of rotatable bonds is 3. The standard InChI is InChI=1S/C6H8N2O/c7-5-3-1-2-4-6-8-9/h1-4H2. The van der Waals surface area contributed by atoms with E-state index in [0.717, 1.165) is 12.8 Å². The summed E-state index contributed by atoms with van der Waals surface area (Å²) in [5.41, 5.74) is 0. The van der Waals surface area contributed by atoms with Crippen LogP contribution in [0.25, 0.3) is 5.01 Å². The maximum absolute atomic E-state index is 9.41. The molecular weight excluding hydrogens is 116 g/mol. The Balaban J connectivity index is 2.91. The van der Waals surface area contributed by atoms with Gasteiger partial charge >= 0.3 is 0 Å². The lowest BCUT2D eigenvalue weighted by atomic mass is 10.2. The van der Waals surface area contributed by atoms with Crippen molar-refractivity contribution in [3.63, 3.8) is 0 Å². The summed E-state index contributed by atoms with van der Waals surface area (Å²) >= 11 is 0. The van der Waals surface area contributed by atoms with Crippen LogP contribution in [0.5, 0.6) is 0 Å². The Labute approximate surface area is 54.3 Å². The van der Waals surface area contributed by atoms with Gasteiger partial charge in [0.05, 0.1) is 12.5 Å². The molecule has 48 valence electrons. The highest BCUT2D eigenvalue weighted by atomic mass is 16.4. The largest absolute Gasteiger partial charge is 0.498 e. The van der Waals surface area contributed by atoms with Crippen LogP contribution in [0.15, 0.2) is 0 Å². The molecule has 0 aromatic heterocycles. The average molecular weight is 124 g/mol. The molecule has 0 spiro atoms. The van der Waals surface area contributed by atoms with Crippen LogP contribution in [0.1, 0.15) is 25.7 Å². The van der Waals surface area contributed by atoms with Gasteiger partial charge in [-0.15, -0.1) is 0 Å². The molecule has 0 N–H and O–H groups in total. The smallest absolute Gasteiger partial charge is 0.298 e. The van der Waals surface area contributed by atoms with E-state index < -0.39 is 0 Å². The zero-order chi connectivity index (χ0) is 6.95. The summed E-state index contributed by atoms with van der Waals surface area (Å²) in [6.07, 6.45) is 2.80. The molecule has 0 saturated carbocycles. The van der Waals surface area contributed by atoms with E-state index in [2.05, 4.69) is 11.1 Å².